The van der Waals surface area contributed by atoms with Crippen LogP contribution in [0.3, 0.4) is 0 Å². The highest BCUT2D eigenvalue weighted by atomic mass is 35.5. The third-order valence-corrected chi connectivity index (χ3v) is 1.61. The SMILES string of the molecule is CCCc1cc(OC)nc(Cl)n1. The Morgan fingerprint density at radius 2 is 2.25 bits per heavy atom. The maximum Gasteiger partial charge on any atom is 0.225 e. The predicted molar refractivity (Wildman–Crippen MR) is 47.6 cm³/mol. The molecule has 0 unspecified atom stereocenters. The highest BCUT2D eigenvalue weighted by molar-refractivity contribution is 6.28. The van der Waals surface area contributed by atoms with Gasteiger partial charge in [-0.1, -0.05) is 13.3 Å². The summed E-state index contributed by atoms with van der Waals surface area (Å²) in [5.74, 6) is 0.526. The number of rotatable bonds is 3. The lowest BCUT2D eigenvalue weighted by molar-refractivity contribution is 0.396. The van der Waals surface area contributed by atoms with E-state index >= 15 is 0 Å². The van der Waals surface area contributed by atoms with E-state index in [-0.39, 0.29) is 5.28 Å². The van der Waals surface area contributed by atoms with Gasteiger partial charge in [0.15, 0.2) is 0 Å². The number of hydrogen-bond acceptors (Lipinski definition) is 3. The molecule has 66 valence electrons. The Morgan fingerprint density at radius 1 is 1.50 bits per heavy atom. The molecular formula is C8H11ClN2O. The van der Waals surface area contributed by atoms with Crippen LogP contribution in [0.15, 0.2) is 6.07 Å². The van der Waals surface area contributed by atoms with Crippen molar-refractivity contribution in [1.29, 1.82) is 0 Å². The van der Waals surface area contributed by atoms with E-state index in [0.29, 0.717) is 5.88 Å². The molecule has 0 amide bonds. The topological polar surface area (TPSA) is 35.0 Å². The molecule has 1 heterocycles. The Hall–Kier alpha value is -0.830. The van der Waals surface area contributed by atoms with E-state index in [1.807, 2.05) is 0 Å². The number of aryl methyl sites for hydroxylation is 1. The number of halogens is 1. The van der Waals surface area contributed by atoms with Crippen LogP contribution >= 0.6 is 11.6 Å². The summed E-state index contributed by atoms with van der Waals surface area (Å²) >= 11 is 5.66. The monoisotopic (exact) mass is 186 g/mol. The molecule has 0 N–H and O–H groups in total. The molecule has 1 aromatic rings. The first-order valence-corrected chi connectivity index (χ1v) is 4.21. The Bertz CT molecular complexity index is 265. The Morgan fingerprint density at radius 3 is 2.83 bits per heavy atom. The molecule has 0 aliphatic carbocycles. The molecule has 0 atom stereocenters. The van der Waals surface area contributed by atoms with Crippen molar-refractivity contribution in [3.05, 3.63) is 17.0 Å². The molecule has 1 aromatic heterocycles. The molecule has 0 saturated carbocycles. The van der Waals surface area contributed by atoms with Crippen molar-refractivity contribution in [2.45, 2.75) is 19.8 Å². The third-order valence-electron chi connectivity index (χ3n) is 1.44. The van der Waals surface area contributed by atoms with Gasteiger partial charge < -0.3 is 4.74 Å². The van der Waals surface area contributed by atoms with Crippen LogP contribution in [0.25, 0.3) is 0 Å². The van der Waals surface area contributed by atoms with Crippen LogP contribution < -0.4 is 4.74 Å². The maximum atomic E-state index is 5.66. The van der Waals surface area contributed by atoms with E-state index in [1.54, 1.807) is 13.2 Å². The van der Waals surface area contributed by atoms with E-state index < -0.39 is 0 Å². The zero-order chi connectivity index (χ0) is 8.97. The highest BCUT2D eigenvalue weighted by Crippen LogP contribution is 2.12. The van der Waals surface area contributed by atoms with Gasteiger partial charge in [-0.3, -0.25) is 0 Å². The molecule has 0 fully saturated rings. The maximum absolute atomic E-state index is 5.66. The average molecular weight is 187 g/mol. The molecule has 0 aliphatic rings. The van der Waals surface area contributed by atoms with Crippen LogP contribution in [0.2, 0.25) is 5.28 Å². The molecule has 12 heavy (non-hydrogen) atoms. The van der Waals surface area contributed by atoms with Crippen LogP contribution in [0.5, 0.6) is 5.88 Å². The summed E-state index contributed by atoms with van der Waals surface area (Å²) in [4.78, 5) is 7.91. The molecule has 4 heteroatoms. The molecular weight excluding hydrogens is 176 g/mol. The Balaban J connectivity index is 2.90. The summed E-state index contributed by atoms with van der Waals surface area (Å²) in [7, 11) is 1.56. The molecule has 1 rings (SSSR count). The van der Waals surface area contributed by atoms with Gasteiger partial charge in [0.05, 0.1) is 7.11 Å². The molecule has 0 bridgehead atoms. The lowest BCUT2D eigenvalue weighted by Crippen LogP contribution is -1.95. The van der Waals surface area contributed by atoms with Gasteiger partial charge in [-0.25, -0.2) is 4.98 Å². The van der Waals surface area contributed by atoms with Crippen LogP contribution in [0, 0.1) is 0 Å². The second-order valence-electron chi connectivity index (χ2n) is 2.42. The largest absolute Gasteiger partial charge is 0.481 e. The van der Waals surface area contributed by atoms with Crippen molar-refractivity contribution in [2.24, 2.45) is 0 Å². The van der Waals surface area contributed by atoms with E-state index in [1.165, 1.54) is 0 Å². The first-order chi connectivity index (χ1) is 5.76. The Kier molecular flexibility index (Phi) is 3.29. The number of hydrogen-bond donors (Lipinski definition) is 0. The van der Waals surface area contributed by atoms with Crippen molar-refractivity contribution in [2.75, 3.05) is 7.11 Å². The van der Waals surface area contributed by atoms with Crippen molar-refractivity contribution < 1.29 is 4.74 Å². The second-order valence-corrected chi connectivity index (χ2v) is 2.76. The lowest BCUT2D eigenvalue weighted by atomic mass is 10.2. The van der Waals surface area contributed by atoms with Crippen LogP contribution in [-0.4, -0.2) is 17.1 Å². The molecule has 0 spiro atoms. The molecule has 0 radical (unpaired) electrons. The summed E-state index contributed by atoms with van der Waals surface area (Å²) < 4.78 is 4.95. The van der Waals surface area contributed by atoms with Crippen molar-refractivity contribution >= 4 is 11.6 Å². The van der Waals surface area contributed by atoms with Gasteiger partial charge in [0, 0.05) is 11.8 Å². The summed E-state index contributed by atoms with van der Waals surface area (Å²) in [5.41, 5.74) is 0.925. The van der Waals surface area contributed by atoms with Crippen LogP contribution in [0.1, 0.15) is 19.0 Å². The normalized spacial score (nSPS) is 9.92. The summed E-state index contributed by atoms with van der Waals surface area (Å²) in [6.45, 7) is 2.09. The minimum Gasteiger partial charge on any atom is -0.481 e. The minimum absolute atomic E-state index is 0.248. The van der Waals surface area contributed by atoms with Crippen molar-refractivity contribution in [1.82, 2.24) is 9.97 Å². The lowest BCUT2D eigenvalue weighted by Gasteiger charge is -2.01. The minimum atomic E-state index is 0.248. The van der Waals surface area contributed by atoms with Crippen molar-refractivity contribution in [3.8, 4) is 5.88 Å². The Labute approximate surface area is 76.7 Å². The van der Waals surface area contributed by atoms with E-state index in [4.69, 9.17) is 16.3 Å². The smallest absolute Gasteiger partial charge is 0.225 e. The fraction of sp³-hybridized carbons (Fsp3) is 0.500. The van der Waals surface area contributed by atoms with Crippen LogP contribution in [0.4, 0.5) is 0 Å². The van der Waals surface area contributed by atoms with Gasteiger partial charge in [-0.15, -0.1) is 0 Å². The first-order valence-electron chi connectivity index (χ1n) is 3.83. The summed E-state index contributed by atoms with van der Waals surface area (Å²) in [5, 5.41) is 0.248. The van der Waals surface area contributed by atoms with Crippen molar-refractivity contribution in [3.63, 3.8) is 0 Å². The number of ether oxygens (including phenoxy) is 1. The van der Waals surface area contributed by atoms with Gasteiger partial charge in [-0.2, -0.15) is 4.98 Å². The molecule has 0 aromatic carbocycles. The number of aromatic nitrogens is 2. The van der Waals surface area contributed by atoms with Gasteiger partial charge in [0.2, 0.25) is 11.2 Å². The fourth-order valence-electron chi connectivity index (χ4n) is 0.930. The first kappa shape index (κ1) is 9.26. The standard InChI is InChI=1S/C8H11ClN2O/c1-3-4-6-5-7(12-2)11-8(9)10-6/h5H,3-4H2,1-2H3. The zero-order valence-corrected chi connectivity index (χ0v) is 7.93. The van der Waals surface area contributed by atoms with Gasteiger partial charge >= 0.3 is 0 Å². The van der Waals surface area contributed by atoms with E-state index in [2.05, 4.69) is 16.9 Å². The summed E-state index contributed by atoms with van der Waals surface area (Å²) in [6.07, 6.45) is 1.94. The van der Waals surface area contributed by atoms with Gasteiger partial charge in [-0.05, 0) is 18.0 Å². The number of methoxy groups -OCH3 is 1. The van der Waals surface area contributed by atoms with Gasteiger partial charge in [0.1, 0.15) is 0 Å². The predicted octanol–water partition coefficient (Wildman–Crippen LogP) is 2.09. The third kappa shape index (κ3) is 2.34. The van der Waals surface area contributed by atoms with E-state index in [0.717, 1.165) is 18.5 Å². The fourth-order valence-corrected chi connectivity index (χ4v) is 1.12. The van der Waals surface area contributed by atoms with Gasteiger partial charge in [0.25, 0.3) is 0 Å². The zero-order valence-electron chi connectivity index (χ0n) is 7.17. The molecule has 3 nitrogen and oxygen atoms in total. The second kappa shape index (κ2) is 4.26. The highest BCUT2D eigenvalue weighted by Gasteiger charge is 2.01. The summed E-state index contributed by atoms with van der Waals surface area (Å²) in [6, 6.07) is 1.80. The quantitative estimate of drug-likeness (QED) is 0.679. The average Bonchev–Trinajstić information content (AvgIpc) is 2.04. The van der Waals surface area contributed by atoms with Crippen LogP contribution in [-0.2, 0) is 6.42 Å². The van der Waals surface area contributed by atoms with E-state index in [9.17, 15) is 0 Å². The number of nitrogens with zero attached hydrogens (tertiary/aromatic N) is 2. The molecule has 0 aliphatic heterocycles. The molecule has 0 saturated heterocycles.